The zero-order chi connectivity index (χ0) is 12.3. The van der Waals surface area contributed by atoms with Gasteiger partial charge in [-0.3, -0.25) is 0 Å². The maximum atomic E-state index is 5.95. The summed E-state index contributed by atoms with van der Waals surface area (Å²) < 4.78 is 0. The predicted molar refractivity (Wildman–Crippen MR) is 73.6 cm³/mol. The molecule has 0 radical (unpaired) electrons. The van der Waals surface area contributed by atoms with Gasteiger partial charge in [-0.15, -0.1) is 0 Å². The average molecular weight is 252 g/mol. The van der Waals surface area contributed by atoms with E-state index < -0.39 is 0 Å². The van der Waals surface area contributed by atoms with Crippen molar-refractivity contribution in [3.8, 4) is 0 Å². The lowest BCUT2D eigenvalue weighted by Crippen LogP contribution is -2.26. The lowest BCUT2D eigenvalue weighted by molar-refractivity contribution is 0.399. The molecule has 1 heterocycles. The SMILES string of the molecule is CN(C)CCNCc1cc2cc(Cl)ccc2[nH]1. The van der Waals surface area contributed by atoms with Gasteiger partial charge in [-0.25, -0.2) is 0 Å². The van der Waals surface area contributed by atoms with Gasteiger partial charge >= 0.3 is 0 Å². The molecule has 2 N–H and O–H groups in total. The fourth-order valence-electron chi connectivity index (χ4n) is 1.78. The molecule has 0 spiro atoms. The second-order valence-electron chi connectivity index (χ2n) is 4.51. The van der Waals surface area contributed by atoms with E-state index in [1.165, 1.54) is 11.1 Å². The quantitative estimate of drug-likeness (QED) is 0.800. The number of nitrogens with one attached hydrogen (secondary N) is 2. The highest BCUT2D eigenvalue weighted by Crippen LogP contribution is 2.19. The molecular formula is C13H18ClN3. The molecule has 0 amide bonds. The van der Waals surface area contributed by atoms with Crippen LogP contribution >= 0.6 is 11.6 Å². The summed E-state index contributed by atoms with van der Waals surface area (Å²) >= 11 is 5.95. The first-order chi connectivity index (χ1) is 8.15. The van der Waals surface area contributed by atoms with E-state index in [1.807, 2.05) is 18.2 Å². The summed E-state index contributed by atoms with van der Waals surface area (Å²) in [5.41, 5.74) is 2.33. The van der Waals surface area contributed by atoms with Gasteiger partial charge in [0.1, 0.15) is 0 Å². The Morgan fingerprint density at radius 1 is 1.29 bits per heavy atom. The Morgan fingerprint density at radius 2 is 2.12 bits per heavy atom. The summed E-state index contributed by atoms with van der Waals surface area (Å²) in [5.74, 6) is 0. The summed E-state index contributed by atoms with van der Waals surface area (Å²) in [6.07, 6.45) is 0. The number of hydrogen-bond acceptors (Lipinski definition) is 2. The van der Waals surface area contributed by atoms with Crippen LogP contribution in [0.5, 0.6) is 0 Å². The lowest BCUT2D eigenvalue weighted by atomic mass is 10.2. The Hall–Kier alpha value is -1.03. The minimum absolute atomic E-state index is 0.781. The molecule has 0 bridgehead atoms. The smallest absolute Gasteiger partial charge is 0.0457 e. The highest BCUT2D eigenvalue weighted by Gasteiger charge is 2.01. The summed E-state index contributed by atoms with van der Waals surface area (Å²) in [6.45, 7) is 2.90. The normalized spacial score (nSPS) is 11.5. The van der Waals surface area contributed by atoms with Crippen molar-refractivity contribution in [1.82, 2.24) is 15.2 Å². The molecule has 3 nitrogen and oxygen atoms in total. The summed E-state index contributed by atoms with van der Waals surface area (Å²) in [7, 11) is 4.15. The molecule has 0 saturated heterocycles. The van der Waals surface area contributed by atoms with E-state index in [-0.39, 0.29) is 0 Å². The number of fused-ring (bicyclic) bond motifs is 1. The van der Waals surface area contributed by atoms with Crippen molar-refractivity contribution in [3.63, 3.8) is 0 Å². The Morgan fingerprint density at radius 3 is 2.88 bits per heavy atom. The van der Waals surface area contributed by atoms with E-state index in [2.05, 4.69) is 35.4 Å². The number of benzene rings is 1. The van der Waals surface area contributed by atoms with Crippen LogP contribution in [0.3, 0.4) is 0 Å². The van der Waals surface area contributed by atoms with Crippen LogP contribution in [-0.2, 0) is 6.54 Å². The number of nitrogens with zero attached hydrogens (tertiary/aromatic N) is 1. The Labute approximate surface area is 107 Å². The van der Waals surface area contributed by atoms with E-state index in [4.69, 9.17) is 11.6 Å². The molecule has 0 saturated carbocycles. The first kappa shape index (κ1) is 12.4. The third kappa shape index (κ3) is 3.46. The van der Waals surface area contributed by atoms with Gasteiger partial charge in [-0.2, -0.15) is 0 Å². The molecule has 17 heavy (non-hydrogen) atoms. The van der Waals surface area contributed by atoms with Crippen LogP contribution in [0.4, 0.5) is 0 Å². The first-order valence-electron chi connectivity index (χ1n) is 5.78. The molecule has 0 aliphatic heterocycles. The standard InChI is InChI=1S/C13H18ClN3/c1-17(2)6-5-15-9-12-8-10-7-11(14)3-4-13(10)16-12/h3-4,7-8,15-16H,5-6,9H2,1-2H3. The van der Waals surface area contributed by atoms with E-state index in [9.17, 15) is 0 Å². The summed E-state index contributed by atoms with van der Waals surface area (Å²) in [4.78, 5) is 5.54. The number of H-pyrrole nitrogens is 1. The third-order valence-corrected chi connectivity index (χ3v) is 2.92. The third-order valence-electron chi connectivity index (χ3n) is 2.69. The van der Waals surface area contributed by atoms with Crippen LogP contribution in [0.25, 0.3) is 10.9 Å². The van der Waals surface area contributed by atoms with Crippen LogP contribution in [0.2, 0.25) is 5.02 Å². The number of hydrogen-bond donors (Lipinski definition) is 2. The van der Waals surface area contributed by atoms with Gasteiger partial charge in [0, 0.05) is 41.3 Å². The topological polar surface area (TPSA) is 31.1 Å². The van der Waals surface area contributed by atoms with Crippen LogP contribution in [0.1, 0.15) is 5.69 Å². The number of likely N-dealkylation sites (N-methyl/N-ethyl adjacent to an activating group) is 1. The molecule has 92 valence electrons. The second kappa shape index (κ2) is 5.54. The molecular weight excluding hydrogens is 234 g/mol. The number of aromatic nitrogens is 1. The van der Waals surface area contributed by atoms with Crippen molar-refractivity contribution < 1.29 is 0 Å². The number of aromatic amines is 1. The molecule has 0 aliphatic rings. The lowest BCUT2D eigenvalue weighted by Gasteiger charge is -2.09. The molecule has 0 atom stereocenters. The maximum absolute atomic E-state index is 5.95. The maximum Gasteiger partial charge on any atom is 0.0457 e. The molecule has 1 aromatic carbocycles. The monoisotopic (exact) mass is 251 g/mol. The first-order valence-corrected chi connectivity index (χ1v) is 6.15. The molecule has 2 rings (SSSR count). The van der Waals surface area contributed by atoms with Gasteiger partial charge < -0.3 is 15.2 Å². The Balaban J connectivity index is 1.95. The van der Waals surface area contributed by atoms with E-state index in [0.29, 0.717) is 0 Å². The highest BCUT2D eigenvalue weighted by atomic mass is 35.5. The fourth-order valence-corrected chi connectivity index (χ4v) is 1.97. The highest BCUT2D eigenvalue weighted by molar-refractivity contribution is 6.31. The van der Waals surface area contributed by atoms with E-state index in [1.54, 1.807) is 0 Å². The van der Waals surface area contributed by atoms with E-state index >= 15 is 0 Å². The van der Waals surface area contributed by atoms with Gasteiger partial charge in [0.2, 0.25) is 0 Å². The zero-order valence-electron chi connectivity index (χ0n) is 10.3. The number of halogens is 1. The molecule has 0 fully saturated rings. The van der Waals surface area contributed by atoms with Crippen LogP contribution in [0, 0.1) is 0 Å². The van der Waals surface area contributed by atoms with Crippen LogP contribution in [0.15, 0.2) is 24.3 Å². The minimum Gasteiger partial charge on any atom is -0.357 e. The molecule has 0 unspecified atom stereocenters. The van der Waals surface area contributed by atoms with Gasteiger partial charge in [0.05, 0.1) is 0 Å². The average Bonchev–Trinajstić information content (AvgIpc) is 2.66. The Bertz CT molecular complexity index is 490. The van der Waals surface area contributed by atoms with E-state index in [0.717, 1.165) is 30.2 Å². The molecule has 4 heteroatoms. The van der Waals surface area contributed by atoms with Gasteiger partial charge in [-0.1, -0.05) is 11.6 Å². The van der Waals surface area contributed by atoms with Crippen molar-refractivity contribution in [2.75, 3.05) is 27.2 Å². The van der Waals surface area contributed by atoms with Crippen molar-refractivity contribution in [2.24, 2.45) is 0 Å². The van der Waals surface area contributed by atoms with Crippen molar-refractivity contribution >= 4 is 22.5 Å². The molecule has 0 aliphatic carbocycles. The van der Waals surface area contributed by atoms with Gasteiger partial charge in [0.25, 0.3) is 0 Å². The second-order valence-corrected chi connectivity index (χ2v) is 4.94. The van der Waals surface area contributed by atoms with Crippen LogP contribution < -0.4 is 5.32 Å². The minimum atomic E-state index is 0.781. The fraction of sp³-hybridized carbons (Fsp3) is 0.385. The predicted octanol–water partition coefficient (Wildman–Crippen LogP) is 2.47. The van der Waals surface area contributed by atoms with Crippen LogP contribution in [-0.4, -0.2) is 37.1 Å². The number of rotatable bonds is 5. The zero-order valence-corrected chi connectivity index (χ0v) is 11.0. The van der Waals surface area contributed by atoms with Gasteiger partial charge in [-0.05, 0) is 38.4 Å². The summed E-state index contributed by atoms with van der Waals surface area (Å²) in [6, 6.07) is 8.05. The Kier molecular flexibility index (Phi) is 4.05. The van der Waals surface area contributed by atoms with Crippen molar-refractivity contribution in [2.45, 2.75) is 6.54 Å². The van der Waals surface area contributed by atoms with Gasteiger partial charge in [0.15, 0.2) is 0 Å². The largest absolute Gasteiger partial charge is 0.357 e. The molecule has 1 aromatic heterocycles. The van der Waals surface area contributed by atoms with Crippen molar-refractivity contribution in [1.29, 1.82) is 0 Å². The molecule has 2 aromatic rings. The summed E-state index contributed by atoms with van der Waals surface area (Å²) in [5, 5.41) is 5.35. The van der Waals surface area contributed by atoms with Crippen molar-refractivity contribution in [3.05, 3.63) is 35.0 Å².